The predicted molar refractivity (Wildman–Crippen MR) is 70.1 cm³/mol. The number of ether oxygens (including phenoxy) is 2. The second-order valence-electron chi connectivity index (χ2n) is 4.18. The van der Waals surface area contributed by atoms with E-state index in [9.17, 15) is 24.6 Å². The Balaban J connectivity index is 3.57. The fourth-order valence-electron chi connectivity index (χ4n) is 1.78. The van der Waals surface area contributed by atoms with Crippen molar-refractivity contribution in [3.8, 4) is 11.5 Å². The fourth-order valence-corrected chi connectivity index (χ4v) is 1.78. The molecule has 4 N–H and O–H groups in total. The second-order valence-corrected chi connectivity index (χ2v) is 4.18. The van der Waals surface area contributed by atoms with Gasteiger partial charge >= 0.3 is 11.9 Å². The van der Waals surface area contributed by atoms with Crippen LogP contribution in [0.5, 0.6) is 11.5 Å². The van der Waals surface area contributed by atoms with E-state index >= 15 is 0 Å². The molecule has 0 aliphatic rings. The molecule has 2 unspecified atom stereocenters. The van der Waals surface area contributed by atoms with Crippen LogP contribution in [-0.4, -0.2) is 64.1 Å². The molecule has 2 atom stereocenters. The number of carbonyl (C=O) groups is 3. The maximum atomic E-state index is 12.4. The Labute approximate surface area is 124 Å². The van der Waals surface area contributed by atoms with Gasteiger partial charge in [-0.1, -0.05) is 6.07 Å². The van der Waals surface area contributed by atoms with Gasteiger partial charge in [-0.15, -0.1) is 0 Å². The zero-order chi connectivity index (χ0) is 17.1. The Hall–Kier alpha value is -2.65. The fraction of sp³-hybridized carbons (Fsp3) is 0.308. The number of carbonyl (C=O) groups excluding carboxylic acids is 1. The van der Waals surface area contributed by atoms with Crippen molar-refractivity contribution >= 4 is 17.7 Å². The molecule has 0 bridgehead atoms. The van der Waals surface area contributed by atoms with Crippen molar-refractivity contribution < 1.29 is 44.3 Å². The Kier molecular flexibility index (Phi) is 5.07. The Bertz CT molecular complexity index is 587. The van der Waals surface area contributed by atoms with Crippen LogP contribution in [0, 0.1) is 0 Å². The van der Waals surface area contributed by atoms with Crippen LogP contribution in [0.15, 0.2) is 18.2 Å². The molecule has 0 amide bonds. The molecule has 0 aliphatic carbocycles. The molecule has 0 fully saturated rings. The summed E-state index contributed by atoms with van der Waals surface area (Å²) in [5.41, 5.74) is -4.11. The number of carboxylic acids is 2. The van der Waals surface area contributed by atoms with Crippen LogP contribution in [-0.2, 0) is 9.59 Å². The first-order valence-corrected chi connectivity index (χ1v) is 5.84. The van der Waals surface area contributed by atoms with Crippen LogP contribution in [0.2, 0.25) is 0 Å². The van der Waals surface area contributed by atoms with Gasteiger partial charge in [0.1, 0.15) is 17.1 Å². The van der Waals surface area contributed by atoms with Crippen molar-refractivity contribution in [2.45, 2.75) is 11.7 Å². The lowest BCUT2D eigenvalue weighted by atomic mass is 9.86. The third kappa shape index (κ3) is 2.71. The highest BCUT2D eigenvalue weighted by Gasteiger charge is 2.55. The van der Waals surface area contributed by atoms with Gasteiger partial charge in [-0.05, 0) is 12.1 Å². The minimum absolute atomic E-state index is 0.151. The number of rotatable bonds is 7. The third-order valence-corrected chi connectivity index (χ3v) is 2.96. The van der Waals surface area contributed by atoms with E-state index < -0.39 is 35.0 Å². The lowest BCUT2D eigenvalue weighted by molar-refractivity contribution is -0.175. The first-order valence-electron chi connectivity index (χ1n) is 5.84. The minimum Gasteiger partial charge on any atom is -0.496 e. The molecule has 9 heteroatoms. The van der Waals surface area contributed by atoms with E-state index in [1.807, 2.05) is 0 Å². The quantitative estimate of drug-likeness (QED) is 0.372. The molecule has 0 aliphatic heterocycles. The third-order valence-electron chi connectivity index (χ3n) is 2.96. The van der Waals surface area contributed by atoms with Gasteiger partial charge in [0.25, 0.3) is 5.60 Å². The normalized spacial score (nSPS) is 14.5. The van der Waals surface area contributed by atoms with Crippen LogP contribution in [0.1, 0.15) is 10.4 Å². The van der Waals surface area contributed by atoms with Crippen LogP contribution in [0.25, 0.3) is 0 Å². The number of hydrogen-bond acceptors (Lipinski definition) is 7. The molecule has 1 aromatic rings. The Morgan fingerprint density at radius 3 is 1.86 bits per heavy atom. The minimum atomic E-state index is -3.60. The van der Waals surface area contributed by atoms with Crippen molar-refractivity contribution in [1.29, 1.82) is 0 Å². The molecule has 0 saturated carbocycles. The first kappa shape index (κ1) is 17.4. The molecule has 0 radical (unpaired) electrons. The van der Waals surface area contributed by atoms with Gasteiger partial charge in [-0.2, -0.15) is 0 Å². The number of methoxy groups -OCH3 is 2. The summed E-state index contributed by atoms with van der Waals surface area (Å²) >= 11 is 0. The molecule has 1 rings (SSSR count). The average Bonchev–Trinajstić information content (AvgIpc) is 2.51. The van der Waals surface area contributed by atoms with E-state index in [4.69, 9.17) is 19.7 Å². The number of Topliss-reactive ketones (excluding diaryl/α,β-unsaturated/α-hetero) is 1. The summed E-state index contributed by atoms with van der Waals surface area (Å²) in [5, 5.41) is 37.2. The van der Waals surface area contributed by atoms with Gasteiger partial charge < -0.3 is 29.9 Å². The largest absolute Gasteiger partial charge is 0.496 e. The zero-order valence-corrected chi connectivity index (χ0v) is 11.6. The highest BCUT2D eigenvalue weighted by molar-refractivity contribution is 6.19. The number of hydrogen-bond donors (Lipinski definition) is 4. The zero-order valence-electron chi connectivity index (χ0n) is 11.6. The number of benzene rings is 1. The lowest BCUT2D eigenvalue weighted by Crippen LogP contribution is -2.59. The predicted octanol–water partition coefficient (Wildman–Crippen LogP) is -0.852. The summed E-state index contributed by atoms with van der Waals surface area (Å²) < 4.78 is 9.78. The second kappa shape index (κ2) is 6.41. The molecule has 0 heterocycles. The van der Waals surface area contributed by atoms with E-state index in [2.05, 4.69) is 0 Å². The average molecular weight is 314 g/mol. The highest BCUT2D eigenvalue weighted by Crippen LogP contribution is 2.33. The van der Waals surface area contributed by atoms with Gasteiger partial charge in [-0.25, -0.2) is 9.59 Å². The SMILES string of the molecule is COc1cccc(OC)c1C(=O)C(O)(C(=O)O)C(O)C(=O)O. The van der Waals surface area contributed by atoms with Crippen molar-refractivity contribution in [2.24, 2.45) is 0 Å². The summed E-state index contributed by atoms with van der Waals surface area (Å²) in [5.74, 6) is -6.18. The molecule has 22 heavy (non-hydrogen) atoms. The maximum Gasteiger partial charge on any atom is 0.347 e. The standard InChI is InChI=1S/C13H14O9/c1-21-6-4-3-5-7(22-2)8(6)9(14)13(20,12(18)19)10(15)11(16)17/h3-5,10,15,20H,1-2H3,(H,16,17)(H,18,19). The van der Waals surface area contributed by atoms with E-state index in [1.165, 1.54) is 32.4 Å². The number of carboxylic acid groups (broad SMARTS) is 2. The number of aliphatic hydroxyl groups is 2. The Morgan fingerprint density at radius 1 is 1.09 bits per heavy atom. The molecule has 0 aromatic heterocycles. The lowest BCUT2D eigenvalue weighted by Gasteiger charge is -2.26. The molecular formula is C13H14O9. The van der Waals surface area contributed by atoms with Crippen LogP contribution < -0.4 is 9.47 Å². The molecule has 0 spiro atoms. The van der Waals surface area contributed by atoms with Gasteiger partial charge in [-0.3, -0.25) is 4.79 Å². The van der Waals surface area contributed by atoms with Crippen molar-refractivity contribution in [3.05, 3.63) is 23.8 Å². The van der Waals surface area contributed by atoms with E-state index in [1.54, 1.807) is 0 Å². The topological polar surface area (TPSA) is 151 Å². The van der Waals surface area contributed by atoms with Gasteiger partial charge in [0, 0.05) is 0 Å². The maximum absolute atomic E-state index is 12.4. The van der Waals surface area contributed by atoms with Crippen LogP contribution in [0.4, 0.5) is 0 Å². The van der Waals surface area contributed by atoms with E-state index in [0.717, 1.165) is 0 Å². The van der Waals surface area contributed by atoms with Crippen molar-refractivity contribution in [3.63, 3.8) is 0 Å². The van der Waals surface area contributed by atoms with Gasteiger partial charge in [0.15, 0.2) is 6.10 Å². The summed E-state index contributed by atoms with van der Waals surface area (Å²) in [4.78, 5) is 34.4. The summed E-state index contributed by atoms with van der Waals surface area (Å²) in [6.45, 7) is 0. The molecule has 1 aromatic carbocycles. The van der Waals surface area contributed by atoms with E-state index in [-0.39, 0.29) is 11.5 Å². The Morgan fingerprint density at radius 2 is 1.55 bits per heavy atom. The van der Waals surface area contributed by atoms with Gasteiger partial charge in [0.05, 0.1) is 14.2 Å². The number of ketones is 1. The summed E-state index contributed by atoms with van der Waals surface area (Å²) in [6, 6.07) is 4.00. The van der Waals surface area contributed by atoms with Crippen LogP contribution in [0.3, 0.4) is 0 Å². The molecule has 120 valence electrons. The molecular weight excluding hydrogens is 300 g/mol. The van der Waals surface area contributed by atoms with Gasteiger partial charge in [0.2, 0.25) is 5.78 Å². The van der Waals surface area contributed by atoms with Crippen molar-refractivity contribution in [2.75, 3.05) is 14.2 Å². The summed E-state index contributed by atoms with van der Waals surface area (Å²) in [6.07, 6.45) is -2.88. The highest BCUT2D eigenvalue weighted by atomic mass is 16.5. The monoisotopic (exact) mass is 314 g/mol. The van der Waals surface area contributed by atoms with Crippen molar-refractivity contribution in [1.82, 2.24) is 0 Å². The summed E-state index contributed by atoms with van der Waals surface area (Å²) in [7, 11) is 2.36. The number of aliphatic hydroxyl groups excluding tert-OH is 1. The smallest absolute Gasteiger partial charge is 0.347 e. The molecule has 0 saturated heterocycles. The number of aliphatic carboxylic acids is 2. The first-order chi connectivity index (χ1) is 10.2. The van der Waals surface area contributed by atoms with Crippen LogP contribution >= 0.6 is 0 Å². The molecule has 9 nitrogen and oxygen atoms in total. The van der Waals surface area contributed by atoms with E-state index in [0.29, 0.717) is 0 Å².